The van der Waals surface area contributed by atoms with E-state index in [-0.39, 0.29) is 6.10 Å². The highest BCUT2D eigenvalue weighted by molar-refractivity contribution is 4.79. The van der Waals surface area contributed by atoms with Crippen molar-refractivity contribution in [3.8, 4) is 0 Å². The summed E-state index contributed by atoms with van der Waals surface area (Å²) in [6.07, 6.45) is 8.86. The quantitative estimate of drug-likeness (QED) is 0.812. The Kier molecular flexibility index (Phi) is 5.46. The molecule has 0 aromatic heterocycles. The van der Waals surface area contributed by atoms with Crippen LogP contribution >= 0.6 is 0 Å². The van der Waals surface area contributed by atoms with Crippen LogP contribution in [0.15, 0.2) is 0 Å². The number of hydrogen-bond donors (Lipinski definition) is 1. The molecule has 1 atom stereocenters. The number of hydrogen-bond acceptors (Lipinski definition) is 3. The van der Waals surface area contributed by atoms with E-state index in [4.69, 9.17) is 0 Å². The minimum absolute atomic E-state index is 0.113. The predicted molar refractivity (Wildman–Crippen MR) is 75.7 cm³/mol. The van der Waals surface area contributed by atoms with E-state index in [0.29, 0.717) is 6.04 Å². The second kappa shape index (κ2) is 6.88. The van der Waals surface area contributed by atoms with Crippen LogP contribution in [0.4, 0.5) is 0 Å². The highest BCUT2D eigenvalue weighted by atomic mass is 16.3. The van der Waals surface area contributed by atoms with Gasteiger partial charge in [0.05, 0.1) is 6.10 Å². The number of aliphatic hydroxyl groups is 1. The molecule has 0 aromatic carbocycles. The molecular formula is C15H30N2O. The number of rotatable bonds is 5. The van der Waals surface area contributed by atoms with Crippen molar-refractivity contribution in [2.75, 3.05) is 33.7 Å². The van der Waals surface area contributed by atoms with Gasteiger partial charge >= 0.3 is 0 Å². The summed E-state index contributed by atoms with van der Waals surface area (Å²) < 4.78 is 0. The van der Waals surface area contributed by atoms with Crippen molar-refractivity contribution < 1.29 is 5.11 Å². The fraction of sp³-hybridized carbons (Fsp3) is 1.00. The molecule has 1 saturated carbocycles. The van der Waals surface area contributed by atoms with Crippen molar-refractivity contribution in [1.29, 1.82) is 0 Å². The number of likely N-dealkylation sites (N-methyl/N-ethyl adjacent to an activating group) is 1. The molecule has 0 radical (unpaired) electrons. The highest BCUT2D eigenvalue weighted by Gasteiger charge is 2.24. The van der Waals surface area contributed by atoms with E-state index in [9.17, 15) is 5.11 Å². The summed E-state index contributed by atoms with van der Waals surface area (Å²) in [6, 6.07) is 0.680. The van der Waals surface area contributed by atoms with Crippen LogP contribution in [0.1, 0.15) is 44.9 Å². The Morgan fingerprint density at radius 1 is 1.17 bits per heavy atom. The van der Waals surface area contributed by atoms with E-state index in [1.165, 1.54) is 51.6 Å². The van der Waals surface area contributed by atoms with Gasteiger partial charge in [0.15, 0.2) is 0 Å². The molecule has 1 unspecified atom stereocenters. The topological polar surface area (TPSA) is 26.7 Å². The van der Waals surface area contributed by atoms with Gasteiger partial charge < -0.3 is 14.9 Å². The molecule has 18 heavy (non-hydrogen) atoms. The van der Waals surface area contributed by atoms with Crippen molar-refractivity contribution in [2.45, 2.75) is 57.1 Å². The Labute approximate surface area is 112 Å². The number of piperidine rings is 1. The maximum atomic E-state index is 10.2. The van der Waals surface area contributed by atoms with E-state index in [1.54, 1.807) is 0 Å². The molecule has 1 aliphatic carbocycles. The van der Waals surface area contributed by atoms with Crippen LogP contribution in [-0.2, 0) is 0 Å². The van der Waals surface area contributed by atoms with Crippen LogP contribution in [0.5, 0.6) is 0 Å². The molecule has 2 rings (SSSR count). The van der Waals surface area contributed by atoms with Crippen LogP contribution in [-0.4, -0.2) is 60.8 Å². The van der Waals surface area contributed by atoms with Crippen molar-refractivity contribution >= 4 is 0 Å². The second-order valence-electron chi connectivity index (χ2n) is 6.51. The number of nitrogens with zero attached hydrogens (tertiary/aromatic N) is 2. The SMILES string of the molecule is CN1CCC(N(C)CC(O)CC2CCCC2)CC1. The third kappa shape index (κ3) is 4.22. The molecule has 0 amide bonds. The van der Waals surface area contributed by atoms with Gasteiger partial charge in [-0.3, -0.25) is 0 Å². The van der Waals surface area contributed by atoms with Crippen LogP contribution in [0.2, 0.25) is 0 Å². The van der Waals surface area contributed by atoms with Gasteiger partial charge in [-0.2, -0.15) is 0 Å². The van der Waals surface area contributed by atoms with Crippen LogP contribution in [0, 0.1) is 5.92 Å². The smallest absolute Gasteiger partial charge is 0.0669 e. The normalized spacial score (nSPS) is 26.0. The maximum absolute atomic E-state index is 10.2. The van der Waals surface area contributed by atoms with Crippen LogP contribution < -0.4 is 0 Å². The molecule has 1 aliphatic heterocycles. The van der Waals surface area contributed by atoms with Crippen molar-refractivity contribution in [3.05, 3.63) is 0 Å². The first-order valence-electron chi connectivity index (χ1n) is 7.72. The van der Waals surface area contributed by atoms with E-state index >= 15 is 0 Å². The zero-order valence-electron chi connectivity index (χ0n) is 12.1. The van der Waals surface area contributed by atoms with Gasteiger partial charge in [-0.05, 0) is 52.4 Å². The molecule has 2 aliphatic rings. The minimum Gasteiger partial charge on any atom is -0.392 e. The lowest BCUT2D eigenvalue weighted by molar-refractivity contribution is 0.0655. The van der Waals surface area contributed by atoms with Crippen molar-refractivity contribution in [3.63, 3.8) is 0 Å². The maximum Gasteiger partial charge on any atom is 0.0669 e. The van der Waals surface area contributed by atoms with Crippen LogP contribution in [0.3, 0.4) is 0 Å². The summed E-state index contributed by atoms with van der Waals surface area (Å²) >= 11 is 0. The molecule has 0 aromatic rings. The lowest BCUT2D eigenvalue weighted by Crippen LogP contribution is -2.44. The minimum atomic E-state index is -0.113. The standard InChI is InChI=1S/C15H30N2O/c1-16-9-7-14(8-10-16)17(2)12-15(18)11-13-5-3-4-6-13/h13-15,18H,3-12H2,1-2H3. The van der Waals surface area contributed by atoms with Gasteiger partial charge in [0.1, 0.15) is 0 Å². The third-order valence-electron chi connectivity index (χ3n) is 4.89. The third-order valence-corrected chi connectivity index (χ3v) is 4.89. The molecule has 1 heterocycles. The summed E-state index contributed by atoms with van der Waals surface area (Å²) in [5, 5.41) is 10.2. The first-order chi connectivity index (χ1) is 8.65. The summed E-state index contributed by atoms with van der Waals surface area (Å²) in [5.74, 6) is 0.797. The molecule has 0 spiro atoms. The van der Waals surface area contributed by atoms with Gasteiger partial charge in [-0.15, -0.1) is 0 Å². The Morgan fingerprint density at radius 3 is 2.39 bits per heavy atom. The molecule has 1 N–H and O–H groups in total. The van der Waals surface area contributed by atoms with Gasteiger partial charge in [-0.1, -0.05) is 25.7 Å². The van der Waals surface area contributed by atoms with Gasteiger partial charge in [0.2, 0.25) is 0 Å². The molecular weight excluding hydrogens is 224 g/mol. The van der Waals surface area contributed by atoms with Crippen LogP contribution in [0.25, 0.3) is 0 Å². The highest BCUT2D eigenvalue weighted by Crippen LogP contribution is 2.28. The Hall–Kier alpha value is -0.120. The summed E-state index contributed by atoms with van der Waals surface area (Å²) in [5.41, 5.74) is 0. The van der Waals surface area contributed by atoms with E-state index in [0.717, 1.165) is 18.9 Å². The summed E-state index contributed by atoms with van der Waals surface area (Å²) in [7, 11) is 4.39. The van der Waals surface area contributed by atoms with E-state index < -0.39 is 0 Å². The van der Waals surface area contributed by atoms with Gasteiger partial charge in [0, 0.05) is 12.6 Å². The molecule has 106 valence electrons. The van der Waals surface area contributed by atoms with Crippen molar-refractivity contribution in [2.24, 2.45) is 5.92 Å². The number of aliphatic hydroxyl groups excluding tert-OH is 1. The van der Waals surface area contributed by atoms with Crippen molar-refractivity contribution in [1.82, 2.24) is 9.80 Å². The fourth-order valence-corrected chi connectivity index (χ4v) is 3.62. The molecule has 2 fully saturated rings. The Bertz CT molecular complexity index is 233. The largest absolute Gasteiger partial charge is 0.392 e. The summed E-state index contributed by atoms with van der Waals surface area (Å²) in [6.45, 7) is 3.27. The molecule has 3 nitrogen and oxygen atoms in total. The molecule has 1 saturated heterocycles. The fourth-order valence-electron chi connectivity index (χ4n) is 3.62. The first kappa shape index (κ1) is 14.3. The zero-order chi connectivity index (χ0) is 13.0. The Morgan fingerprint density at radius 2 is 1.78 bits per heavy atom. The zero-order valence-corrected chi connectivity index (χ0v) is 12.1. The number of likely N-dealkylation sites (tertiary alicyclic amines) is 1. The predicted octanol–water partition coefficient (Wildman–Crippen LogP) is 1.95. The Balaban J connectivity index is 1.67. The van der Waals surface area contributed by atoms with Gasteiger partial charge in [-0.25, -0.2) is 0 Å². The average Bonchev–Trinajstić information content (AvgIpc) is 2.82. The lowest BCUT2D eigenvalue weighted by Gasteiger charge is -2.36. The molecule has 3 heteroatoms. The first-order valence-corrected chi connectivity index (χ1v) is 7.72. The molecule has 0 bridgehead atoms. The summed E-state index contributed by atoms with van der Waals surface area (Å²) in [4.78, 5) is 4.80. The van der Waals surface area contributed by atoms with E-state index in [2.05, 4.69) is 23.9 Å². The lowest BCUT2D eigenvalue weighted by atomic mass is 9.98. The van der Waals surface area contributed by atoms with E-state index in [1.807, 2.05) is 0 Å². The monoisotopic (exact) mass is 254 g/mol. The average molecular weight is 254 g/mol. The van der Waals surface area contributed by atoms with Gasteiger partial charge in [0.25, 0.3) is 0 Å². The second-order valence-corrected chi connectivity index (χ2v) is 6.51.